The first kappa shape index (κ1) is 18.2. The van der Waals surface area contributed by atoms with E-state index in [1.807, 2.05) is 61.5 Å². The maximum absolute atomic E-state index is 12.2. The van der Waals surface area contributed by atoms with Crippen molar-refractivity contribution in [2.45, 2.75) is 39.2 Å². The van der Waals surface area contributed by atoms with Crippen molar-refractivity contribution in [3.8, 4) is 11.4 Å². The Morgan fingerprint density at radius 2 is 1.93 bits per heavy atom. The highest BCUT2D eigenvalue weighted by molar-refractivity contribution is 6.02. The SMILES string of the molecule is Cc1cccc(/C=C/C(=O)Nc2ccc(-c3nnc4n3CCCCC4)cc2)c1. The van der Waals surface area contributed by atoms with Gasteiger partial charge in [0.05, 0.1) is 0 Å². The van der Waals surface area contributed by atoms with Gasteiger partial charge in [-0.2, -0.15) is 0 Å². The summed E-state index contributed by atoms with van der Waals surface area (Å²) in [6, 6.07) is 15.8. The summed E-state index contributed by atoms with van der Waals surface area (Å²) >= 11 is 0. The zero-order valence-electron chi connectivity index (χ0n) is 16.1. The van der Waals surface area contributed by atoms with Crippen molar-refractivity contribution < 1.29 is 4.79 Å². The predicted octanol–water partition coefficient (Wildman–Crippen LogP) is 4.63. The Balaban J connectivity index is 1.44. The lowest BCUT2D eigenvalue weighted by Gasteiger charge is -2.08. The van der Waals surface area contributed by atoms with Gasteiger partial charge in [-0.05, 0) is 55.7 Å². The third-order valence-corrected chi connectivity index (χ3v) is 4.99. The van der Waals surface area contributed by atoms with E-state index in [0.29, 0.717) is 0 Å². The minimum atomic E-state index is -0.148. The fourth-order valence-corrected chi connectivity index (χ4v) is 3.53. The van der Waals surface area contributed by atoms with E-state index < -0.39 is 0 Å². The average Bonchev–Trinajstić information content (AvgIpc) is 2.95. The summed E-state index contributed by atoms with van der Waals surface area (Å²) in [5, 5.41) is 11.6. The van der Waals surface area contributed by atoms with E-state index in [2.05, 4.69) is 20.1 Å². The fourth-order valence-electron chi connectivity index (χ4n) is 3.53. The van der Waals surface area contributed by atoms with Crippen molar-refractivity contribution in [1.82, 2.24) is 14.8 Å². The van der Waals surface area contributed by atoms with Gasteiger partial charge in [0.2, 0.25) is 5.91 Å². The van der Waals surface area contributed by atoms with Crippen molar-refractivity contribution in [3.05, 3.63) is 71.6 Å². The molecule has 1 aromatic heterocycles. The first-order chi connectivity index (χ1) is 13.7. The van der Waals surface area contributed by atoms with Gasteiger partial charge in [-0.3, -0.25) is 4.79 Å². The number of benzene rings is 2. The zero-order valence-corrected chi connectivity index (χ0v) is 16.1. The smallest absolute Gasteiger partial charge is 0.248 e. The van der Waals surface area contributed by atoms with Crippen molar-refractivity contribution in [1.29, 1.82) is 0 Å². The van der Waals surface area contributed by atoms with E-state index in [-0.39, 0.29) is 5.91 Å². The molecule has 0 bridgehead atoms. The molecule has 5 heteroatoms. The van der Waals surface area contributed by atoms with Crippen molar-refractivity contribution >= 4 is 17.7 Å². The van der Waals surface area contributed by atoms with E-state index in [1.165, 1.54) is 24.8 Å². The Morgan fingerprint density at radius 3 is 2.75 bits per heavy atom. The molecule has 1 aliphatic rings. The molecule has 0 radical (unpaired) electrons. The van der Waals surface area contributed by atoms with Crippen molar-refractivity contribution in [2.75, 3.05) is 5.32 Å². The van der Waals surface area contributed by atoms with Crippen LogP contribution in [0.15, 0.2) is 54.6 Å². The summed E-state index contributed by atoms with van der Waals surface area (Å²) in [6.45, 7) is 3.01. The van der Waals surface area contributed by atoms with Crippen LogP contribution >= 0.6 is 0 Å². The number of nitrogens with one attached hydrogen (secondary N) is 1. The lowest BCUT2D eigenvalue weighted by atomic mass is 10.1. The quantitative estimate of drug-likeness (QED) is 0.679. The van der Waals surface area contributed by atoms with Crippen LogP contribution in [0.25, 0.3) is 17.5 Å². The van der Waals surface area contributed by atoms with Gasteiger partial charge in [0.15, 0.2) is 5.82 Å². The normalized spacial score (nSPS) is 13.9. The second-order valence-corrected chi connectivity index (χ2v) is 7.22. The molecule has 1 N–H and O–H groups in total. The van der Waals surface area contributed by atoms with Crippen LogP contribution in [0.2, 0.25) is 0 Å². The Labute approximate surface area is 165 Å². The van der Waals surface area contributed by atoms with E-state index in [0.717, 1.165) is 41.4 Å². The number of nitrogens with zero attached hydrogens (tertiary/aromatic N) is 3. The maximum atomic E-state index is 12.2. The minimum Gasteiger partial charge on any atom is -0.323 e. The average molecular weight is 372 g/mol. The lowest BCUT2D eigenvalue weighted by molar-refractivity contribution is -0.111. The number of aromatic nitrogens is 3. The van der Waals surface area contributed by atoms with E-state index in [9.17, 15) is 4.79 Å². The second-order valence-electron chi connectivity index (χ2n) is 7.22. The third kappa shape index (κ3) is 4.19. The molecule has 1 aliphatic heterocycles. The summed E-state index contributed by atoms with van der Waals surface area (Å²) < 4.78 is 2.23. The molecule has 2 aromatic carbocycles. The minimum absolute atomic E-state index is 0.148. The molecule has 1 amide bonds. The van der Waals surface area contributed by atoms with Gasteiger partial charge in [0.25, 0.3) is 0 Å². The maximum Gasteiger partial charge on any atom is 0.248 e. The van der Waals surface area contributed by atoms with Crippen LogP contribution in [0.4, 0.5) is 5.69 Å². The van der Waals surface area contributed by atoms with Crippen LogP contribution in [-0.4, -0.2) is 20.7 Å². The number of rotatable bonds is 4. The number of hydrogen-bond acceptors (Lipinski definition) is 3. The van der Waals surface area contributed by atoms with Crippen LogP contribution in [0.5, 0.6) is 0 Å². The molecular weight excluding hydrogens is 348 g/mol. The van der Waals surface area contributed by atoms with Crippen LogP contribution in [-0.2, 0) is 17.8 Å². The van der Waals surface area contributed by atoms with Gasteiger partial charge in [-0.1, -0.05) is 36.2 Å². The highest BCUT2D eigenvalue weighted by Crippen LogP contribution is 2.24. The second kappa shape index (κ2) is 8.21. The number of amides is 1. The monoisotopic (exact) mass is 372 g/mol. The summed E-state index contributed by atoms with van der Waals surface area (Å²) in [5.41, 5.74) is 3.97. The number of hydrogen-bond donors (Lipinski definition) is 1. The van der Waals surface area contributed by atoms with E-state index in [1.54, 1.807) is 6.08 Å². The van der Waals surface area contributed by atoms with Gasteiger partial charge in [-0.25, -0.2) is 0 Å². The van der Waals surface area contributed by atoms with Gasteiger partial charge in [0.1, 0.15) is 5.82 Å². The molecule has 0 spiro atoms. The topological polar surface area (TPSA) is 59.8 Å². The van der Waals surface area contributed by atoms with Crippen LogP contribution in [0, 0.1) is 6.92 Å². The zero-order chi connectivity index (χ0) is 19.3. The number of carbonyl (C=O) groups is 1. The van der Waals surface area contributed by atoms with Gasteiger partial charge in [0, 0.05) is 30.3 Å². The molecule has 0 fully saturated rings. The highest BCUT2D eigenvalue weighted by atomic mass is 16.1. The molecule has 0 saturated carbocycles. The summed E-state index contributed by atoms with van der Waals surface area (Å²) in [5.74, 6) is 1.84. The Morgan fingerprint density at radius 1 is 1.07 bits per heavy atom. The predicted molar refractivity (Wildman–Crippen MR) is 112 cm³/mol. The first-order valence-corrected chi connectivity index (χ1v) is 9.77. The van der Waals surface area contributed by atoms with Crippen LogP contribution in [0.1, 0.15) is 36.2 Å². The molecule has 2 heterocycles. The lowest BCUT2D eigenvalue weighted by Crippen LogP contribution is -2.07. The molecule has 0 saturated heterocycles. The van der Waals surface area contributed by atoms with Crippen molar-refractivity contribution in [3.63, 3.8) is 0 Å². The molecule has 4 rings (SSSR count). The molecule has 142 valence electrons. The molecule has 0 atom stereocenters. The number of fused-ring (bicyclic) bond motifs is 1. The summed E-state index contributed by atoms with van der Waals surface area (Å²) in [4.78, 5) is 12.2. The molecule has 0 unspecified atom stereocenters. The standard InChI is InChI=1S/C23H24N4O/c1-17-6-5-7-18(16-17)9-14-22(28)24-20-12-10-19(11-13-20)23-26-25-21-8-3-2-4-15-27(21)23/h5-7,9-14,16H,2-4,8,15H2,1H3,(H,24,28)/b14-9+. The first-order valence-electron chi connectivity index (χ1n) is 9.77. The van der Waals surface area contributed by atoms with Gasteiger partial charge >= 0.3 is 0 Å². The Kier molecular flexibility index (Phi) is 5.33. The van der Waals surface area contributed by atoms with Crippen LogP contribution < -0.4 is 5.32 Å². The van der Waals surface area contributed by atoms with Gasteiger partial charge < -0.3 is 9.88 Å². The number of anilines is 1. The summed E-state index contributed by atoms with van der Waals surface area (Å²) in [7, 11) is 0. The largest absolute Gasteiger partial charge is 0.323 e. The molecule has 0 aliphatic carbocycles. The molecule has 28 heavy (non-hydrogen) atoms. The number of carbonyl (C=O) groups excluding carboxylic acids is 1. The van der Waals surface area contributed by atoms with Crippen LogP contribution in [0.3, 0.4) is 0 Å². The Bertz CT molecular complexity index is 1000. The highest BCUT2D eigenvalue weighted by Gasteiger charge is 2.15. The van der Waals surface area contributed by atoms with Crippen molar-refractivity contribution in [2.24, 2.45) is 0 Å². The Hall–Kier alpha value is -3.21. The van der Waals surface area contributed by atoms with E-state index in [4.69, 9.17) is 0 Å². The fraction of sp³-hybridized carbons (Fsp3) is 0.261. The molecular formula is C23H24N4O. The molecule has 3 aromatic rings. The summed E-state index contributed by atoms with van der Waals surface area (Å²) in [6.07, 6.45) is 7.96. The van der Waals surface area contributed by atoms with Gasteiger partial charge in [-0.15, -0.1) is 10.2 Å². The molecule has 5 nitrogen and oxygen atoms in total. The number of aryl methyl sites for hydroxylation is 2. The van der Waals surface area contributed by atoms with E-state index >= 15 is 0 Å². The third-order valence-electron chi connectivity index (χ3n) is 4.99.